The van der Waals surface area contributed by atoms with Crippen LogP contribution in [0.25, 0.3) is 0 Å². The van der Waals surface area contributed by atoms with Crippen LogP contribution in [0.2, 0.25) is 0 Å². The number of rotatable bonds is 2. The SMILES string of the molecule is CN(C(=O)N1CCCC2C(=O)NCC21)C(C)(C)C(=O)O. The minimum Gasteiger partial charge on any atom is -0.480 e. The normalized spacial score (nSPS) is 25.9. The molecule has 0 saturated carbocycles. The number of carboxylic acids is 1. The average Bonchev–Trinajstić information content (AvgIpc) is 2.78. The zero-order chi connectivity index (χ0) is 15.1. The summed E-state index contributed by atoms with van der Waals surface area (Å²) in [5.41, 5.74) is -1.28. The molecular weight excluding hydrogens is 262 g/mol. The molecule has 0 radical (unpaired) electrons. The van der Waals surface area contributed by atoms with Crippen LogP contribution >= 0.6 is 0 Å². The Balaban J connectivity index is 2.16. The van der Waals surface area contributed by atoms with Crippen LogP contribution in [-0.4, -0.2) is 64.5 Å². The number of hydrogen-bond acceptors (Lipinski definition) is 3. The lowest BCUT2D eigenvalue weighted by Crippen LogP contribution is -2.59. The van der Waals surface area contributed by atoms with Crippen molar-refractivity contribution in [3.8, 4) is 0 Å². The third-order valence-electron chi connectivity index (χ3n) is 4.50. The second-order valence-electron chi connectivity index (χ2n) is 5.96. The van der Waals surface area contributed by atoms with E-state index in [0.717, 1.165) is 12.8 Å². The van der Waals surface area contributed by atoms with Gasteiger partial charge in [-0.05, 0) is 26.7 Å². The number of hydrogen-bond donors (Lipinski definition) is 2. The Kier molecular flexibility index (Phi) is 3.62. The smallest absolute Gasteiger partial charge is 0.329 e. The van der Waals surface area contributed by atoms with Crippen molar-refractivity contribution < 1.29 is 19.5 Å². The molecule has 2 aliphatic rings. The number of aliphatic carboxylic acids is 1. The van der Waals surface area contributed by atoms with Crippen molar-refractivity contribution in [2.45, 2.75) is 38.3 Å². The number of carbonyl (C=O) groups is 3. The van der Waals surface area contributed by atoms with Gasteiger partial charge < -0.3 is 20.2 Å². The highest BCUT2D eigenvalue weighted by atomic mass is 16.4. The number of carboxylic acid groups (broad SMARTS) is 1. The van der Waals surface area contributed by atoms with Gasteiger partial charge in [-0.1, -0.05) is 0 Å². The molecule has 2 saturated heterocycles. The van der Waals surface area contributed by atoms with Crippen molar-refractivity contribution in [2.75, 3.05) is 20.1 Å². The van der Waals surface area contributed by atoms with Crippen LogP contribution in [0.4, 0.5) is 4.79 Å². The number of carbonyl (C=O) groups excluding carboxylic acids is 2. The van der Waals surface area contributed by atoms with E-state index in [9.17, 15) is 19.5 Å². The maximum Gasteiger partial charge on any atom is 0.329 e. The summed E-state index contributed by atoms with van der Waals surface area (Å²) >= 11 is 0. The fraction of sp³-hybridized carbons (Fsp3) is 0.769. The van der Waals surface area contributed by atoms with Crippen molar-refractivity contribution in [3.05, 3.63) is 0 Å². The second-order valence-corrected chi connectivity index (χ2v) is 5.96. The van der Waals surface area contributed by atoms with Crippen molar-refractivity contribution in [3.63, 3.8) is 0 Å². The monoisotopic (exact) mass is 283 g/mol. The molecule has 2 N–H and O–H groups in total. The largest absolute Gasteiger partial charge is 0.480 e. The first-order chi connectivity index (χ1) is 9.26. The number of likely N-dealkylation sites (tertiary alicyclic amines) is 1. The molecule has 3 amide bonds. The Morgan fingerprint density at radius 2 is 2.10 bits per heavy atom. The van der Waals surface area contributed by atoms with Gasteiger partial charge in [0.2, 0.25) is 5.91 Å². The quantitative estimate of drug-likeness (QED) is 0.752. The maximum absolute atomic E-state index is 12.5. The van der Waals surface area contributed by atoms with Gasteiger partial charge in [0, 0.05) is 20.1 Å². The van der Waals surface area contributed by atoms with Crippen molar-refractivity contribution in [1.29, 1.82) is 0 Å². The third-order valence-corrected chi connectivity index (χ3v) is 4.50. The Labute approximate surface area is 117 Å². The minimum atomic E-state index is -1.28. The molecule has 2 atom stereocenters. The molecule has 20 heavy (non-hydrogen) atoms. The molecule has 2 heterocycles. The summed E-state index contributed by atoms with van der Waals surface area (Å²) < 4.78 is 0. The van der Waals surface area contributed by atoms with Gasteiger partial charge >= 0.3 is 12.0 Å². The molecule has 0 aromatic rings. The van der Waals surface area contributed by atoms with Crippen molar-refractivity contribution in [2.24, 2.45) is 5.92 Å². The second kappa shape index (κ2) is 4.96. The molecule has 0 aromatic heterocycles. The molecule has 0 aromatic carbocycles. The van der Waals surface area contributed by atoms with Crippen LogP contribution < -0.4 is 5.32 Å². The highest BCUT2D eigenvalue weighted by molar-refractivity contribution is 5.87. The predicted octanol–water partition coefficient (Wildman–Crippen LogP) is 0.112. The van der Waals surface area contributed by atoms with E-state index in [0.29, 0.717) is 13.1 Å². The summed E-state index contributed by atoms with van der Waals surface area (Å²) in [6.45, 7) is 4.00. The number of likely N-dealkylation sites (N-methyl/N-ethyl adjacent to an activating group) is 1. The summed E-state index contributed by atoms with van der Waals surface area (Å²) in [6, 6.07) is -0.487. The molecule has 0 aliphatic carbocycles. The van der Waals surface area contributed by atoms with Crippen molar-refractivity contribution in [1.82, 2.24) is 15.1 Å². The Morgan fingerprint density at radius 1 is 1.45 bits per heavy atom. The standard InChI is InChI=1S/C13H21N3O4/c1-13(2,11(18)19)15(3)12(20)16-6-4-5-8-9(16)7-14-10(8)17/h8-9H,4-7H2,1-3H3,(H,14,17)(H,18,19). The molecule has 2 unspecified atom stereocenters. The summed E-state index contributed by atoms with van der Waals surface area (Å²) in [7, 11) is 1.49. The number of piperidine rings is 1. The fourth-order valence-electron chi connectivity index (χ4n) is 2.76. The lowest BCUT2D eigenvalue weighted by Gasteiger charge is -2.41. The highest BCUT2D eigenvalue weighted by Gasteiger charge is 2.45. The molecule has 0 bridgehead atoms. The van der Waals surface area contributed by atoms with E-state index in [1.54, 1.807) is 4.90 Å². The predicted molar refractivity (Wildman–Crippen MR) is 71.1 cm³/mol. The first-order valence-electron chi connectivity index (χ1n) is 6.82. The third kappa shape index (κ3) is 2.21. The van der Waals surface area contributed by atoms with Gasteiger partial charge in [-0.3, -0.25) is 4.79 Å². The van der Waals surface area contributed by atoms with Crippen LogP contribution in [0.3, 0.4) is 0 Å². The summed E-state index contributed by atoms with van der Waals surface area (Å²) in [5.74, 6) is -1.22. The molecule has 2 fully saturated rings. The van der Waals surface area contributed by atoms with Gasteiger partial charge in [-0.15, -0.1) is 0 Å². The van der Waals surface area contributed by atoms with E-state index < -0.39 is 11.5 Å². The minimum absolute atomic E-state index is 0.00681. The molecule has 0 spiro atoms. The lowest BCUT2D eigenvalue weighted by molar-refractivity contribution is -0.147. The Morgan fingerprint density at radius 3 is 2.70 bits per heavy atom. The van der Waals surface area contributed by atoms with E-state index in [1.165, 1.54) is 25.8 Å². The van der Waals surface area contributed by atoms with E-state index in [1.807, 2.05) is 0 Å². The highest BCUT2D eigenvalue weighted by Crippen LogP contribution is 2.29. The van der Waals surface area contributed by atoms with E-state index in [4.69, 9.17) is 0 Å². The zero-order valence-electron chi connectivity index (χ0n) is 12.0. The molecule has 7 nitrogen and oxygen atoms in total. The van der Waals surface area contributed by atoms with Gasteiger partial charge in [0.1, 0.15) is 5.54 Å². The van der Waals surface area contributed by atoms with Crippen LogP contribution in [0.5, 0.6) is 0 Å². The summed E-state index contributed by atoms with van der Waals surface area (Å²) in [6.07, 6.45) is 1.55. The number of urea groups is 1. The van der Waals surface area contributed by atoms with Crippen molar-refractivity contribution >= 4 is 17.9 Å². The maximum atomic E-state index is 12.5. The van der Waals surface area contributed by atoms with E-state index in [-0.39, 0.29) is 23.9 Å². The lowest BCUT2D eigenvalue weighted by atomic mass is 9.91. The van der Waals surface area contributed by atoms with Gasteiger partial charge in [-0.2, -0.15) is 0 Å². The van der Waals surface area contributed by atoms with Crippen LogP contribution in [0, 0.1) is 5.92 Å². The first kappa shape index (κ1) is 14.6. The van der Waals surface area contributed by atoms with Gasteiger partial charge in [0.25, 0.3) is 0 Å². The van der Waals surface area contributed by atoms with E-state index >= 15 is 0 Å². The summed E-state index contributed by atoms with van der Waals surface area (Å²) in [4.78, 5) is 38.4. The van der Waals surface area contributed by atoms with Gasteiger partial charge in [0.15, 0.2) is 0 Å². The van der Waals surface area contributed by atoms with E-state index in [2.05, 4.69) is 5.32 Å². The number of amides is 3. The van der Waals surface area contributed by atoms with Gasteiger partial charge in [0.05, 0.1) is 12.0 Å². The summed E-state index contributed by atoms with van der Waals surface area (Å²) in [5, 5.41) is 12.0. The molecule has 2 rings (SSSR count). The molecule has 7 heteroatoms. The molecule has 2 aliphatic heterocycles. The van der Waals surface area contributed by atoms with Crippen LogP contribution in [-0.2, 0) is 9.59 Å². The number of nitrogens with one attached hydrogen (secondary N) is 1. The molecular formula is C13H21N3O4. The zero-order valence-corrected chi connectivity index (χ0v) is 12.0. The molecule has 112 valence electrons. The Hall–Kier alpha value is -1.79. The van der Waals surface area contributed by atoms with Gasteiger partial charge in [-0.25, -0.2) is 9.59 Å². The van der Waals surface area contributed by atoms with Crippen LogP contribution in [0.15, 0.2) is 0 Å². The topological polar surface area (TPSA) is 90.0 Å². The first-order valence-corrected chi connectivity index (χ1v) is 6.82. The number of fused-ring (bicyclic) bond motifs is 1. The fourth-order valence-corrected chi connectivity index (χ4v) is 2.76. The van der Waals surface area contributed by atoms with Crippen LogP contribution in [0.1, 0.15) is 26.7 Å². The Bertz CT molecular complexity index is 449. The number of nitrogens with zero attached hydrogens (tertiary/aromatic N) is 2. The average molecular weight is 283 g/mol.